The molecule has 4 nitrogen and oxygen atoms in total. The Morgan fingerprint density at radius 2 is 2.00 bits per heavy atom. The molecule has 1 aromatic heterocycles. The van der Waals surface area contributed by atoms with E-state index >= 15 is 0 Å². The van der Waals surface area contributed by atoms with Crippen LogP contribution in [-0.4, -0.2) is 21.5 Å². The Kier molecular flexibility index (Phi) is 4.54. The molecule has 0 aliphatic carbocycles. The van der Waals surface area contributed by atoms with Crippen LogP contribution in [-0.2, 0) is 11.3 Å². The van der Waals surface area contributed by atoms with Gasteiger partial charge in [-0.2, -0.15) is 0 Å². The van der Waals surface area contributed by atoms with Crippen LogP contribution in [0, 0.1) is 0 Å². The summed E-state index contributed by atoms with van der Waals surface area (Å²) in [5.74, 6) is 0.0851. The van der Waals surface area contributed by atoms with E-state index in [-0.39, 0.29) is 11.9 Å². The van der Waals surface area contributed by atoms with Crippen molar-refractivity contribution in [2.75, 3.05) is 14.4 Å². The van der Waals surface area contributed by atoms with Gasteiger partial charge in [-0.3, -0.25) is 9.69 Å². The summed E-state index contributed by atoms with van der Waals surface area (Å²) < 4.78 is 0.594. The maximum Gasteiger partial charge on any atom is 0.250 e. The monoisotopic (exact) mass is 427 g/mol. The largest absolute Gasteiger partial charge is 0.354 e. The third kappa shape index (κ3) is 2.79. The number of halogens is 2. The molecule has 0 saturated carbocycles. The Hall–Kier alpha value is -1.34. The third-order valence-electron chi connectivity index (χ3n) is 3.83. The van der Waals surface area contributed by atoms with Crippen molar-refractivity contribution < 1.29 is 4.79 Å². The molecule has 1 aliphatic heterocycles. The number of alkyl halides is 1. The number of nitrogens with zero attached hydrogens (tertiary/aromatic N) is 3. The highest BCUT2D eigenvalue weighted by Gasteiger charge is 2.35. The number of amides is 1. The SMILES string of the molecule is C[C@@H]1C(=O)N(CI)c2cnc(Cl)cc2N1Cc1ccccc1. The standard InChI is InChI=1S/C16H15ClIN3O/c1-11-16(22)21(10-18)14-8-19-15(17)7-13(14)20(11)9-12-5-3-2-4-6-12/h2-8,11H,9-10H2,1H3/t11-/m1/s1. The number of hydrogen-bond acceptors (Lipinski definition) is 3. The molecular formula is C16H15ClIN3O. The molecule has 1 aliphatic rings. The second-order valence-corrected chi connectivity index (χ2v) is 6.24. The van der Waals surface area contributed by atoms with Crippen LogP contribution < -0.4 is 9.80 Å². The minimum atomic E-state index is -0.235. The van der Waals surface area contributed by atoms with E-state index in [0.717, 1.165) is 16.9 Å². The summed E-state index contributed by atoms with van der Waals surface area (Å²) in [6.45, 7) is 2.60. The highest BCUT2D eigenvalue weighted by atomic mass is 127. The molecule has 0 radical (unpaired) electrons. The molecule has 0 bridgehead atoms. The lowest BCUT2D eigenvalue weighted by Gasteiger charge is -2.40. The molecule has 6 heteroatoms. The molecule has 1 aromatic carbocycles. The van der Waals surface area contributed by atoms with Crippen LogP contribution in [0.1, 0.15) is 12.5 Å². The molecule has 2 heterocycles. The molecule has 114 valence electrons. The summed E-state index contributed by atoms with van der Waals surface area (Å²) in [4.78, 5) is 20.6. The van der Waals surface area contributed by atoms with Crippen LogP contribution in [0.25, 0.3) is 0 Å². The topological polar surface area (TPSA) is 36.4 Å². The highest BCUT2D eigenvalue weighted by Crippen LogP contribution is 2.38. The molecular weight excluding hydrogens is 413 g/mol. The Labute approximate surface area is 148 Å². The van der Waals surface area contributed by atoms with Crippen molar-refractivity contribution in [2.45, 2.75) is 19.5 Å². The fraction of sp³-hybridized carbons (Fsp3) is 0.250. The van der Waals surface area contributed by atoms with Gasteiger partial charge in [-0.25, -0.2) is 4.98 Å². The van der Waals surface area contributed by atoms with E-state index < -0.39 is 0 Å². The van der Waals surface area contributed by atoms with Gasteiger partial charge in [0.2, 0.25) is 5.91 Å². The van der Waals surface area contributed by atoms with Crippen molar-refractivity contribution in [3.8, 4) is 0 Å². The maximum atomic E-state index is 12.6. The summed E-state index contributed by atoms with van der Waals surface area (Å²) in [6.07, 6.45) is 1.68. The van der Waals surface area contributed by atoms with E-state index in [1.807, 2.05) is 31.2 Å². The molecule has 2 aromatic rings. The van der Waals surface area contributed by atoms with E-state index in [9.17, 15) is 4.79 Å². The van der Waals surface area contributed by atoms with Crippen molar-refractivity contribution in [3.63, 3.8) is 0 Å². The summed E-state index contributed by atoms with van der Waals surface area (Å²) in [6, 6.07) is 11.7. The summed E-state index contributed by atoms with van der Waals surface area (Å²) in [5, 5.41) is 0.437. The number of hydrogen-bond donors (Lipinski definition) is 0. The number of benzene rings is 1. The summed E-state index contributed by atoms with van der Waals surface area (Å²) >= 11 is 8.27. The lowest BCUT2D eigenvalue weighted by molar-refractivity contribution is -0.119. The Bertz CT molecular complexity index is 695. The van der Waals surface area contributed by atoms with Crippen LogP contribution >= 0.6 is 34.2 Å². The summed E-state index contributed by atoms with van der Waals surface area (Å²) in [7, 11) is 0. The normalized spacial score (nSPS) is 17.6. The van der Waals surface area contributed by atoms with Crippen LogP contribution in [0.5, 0.6) is 0 Å². The minimum Gasteiger partial charge on any atom is -0.354 e. The van der Waals surface area contributed by atoms with Crippen LogP contribution in [0.4, 0.5) is 11.4 Å². The van der Waals surface area contributed by atoms with Gasteiger partial charge in [0, 0.05) is 12.6 Å². The van der Waals surface area contributed by atoms with E-state index in [0.29, 0.717) is 16.2 Å². The van der Waals surface area contributed by atoms with E-state index in [1.54, 1.807) is 11.1 Å². The number of pyridine rings is 1. The van der Waals surface area contributed by atoms with E-state index in [4.69, 9.17) is 11.6 Å². The number of carbonyl (C=O) groups is 1. The molecule has 1 amide bonds. The number of fused-ring (bicyclic) bond motifs is 1. The number of anilines is 2. The molecule has 1 atom stereocenters. The van der Waals surface area contributed by atoms with Gasteiger partial charge in [0.15, 0.2) is 0 Å². The van der Waals surface area contributed by atoms with Gasteiger partial charge in [-0.15, -0.1) is 0 Å². The summed E-state index contributed by atoms with van der Waals surface area (Å²) in [5.41, 5.74) is 2.93. The zero-order valence-electron chi connectivity index (χ0n) is 12.0. The van der Waals surface area contributed by atoms with Crippen molar-refractivity contribution in [1.82, 2.24) is 4.98 Å². The van der Waals surface area contributed by atoms with Crippen molar-refractivity contribution in [1.29, 1.82) is 0 Å². The van der Waals surface area contributed by atoms with E-state index in [2.05, 4.69) is 44.6 Å². The van der Waals surface area contributed by atoms with E-state index in [1.165, 1.54) is 0 Å². The molecule has 0 fully saturated rings. The van der Waals surface area contributed by atoms with Gasteiger partial charge in [-0.05, 0) is 12.5 Å². The molecule has 0 N–H and O–H groups in total. The molecule has 0 saturated heterocycles. The van der Waals surface area contributed by atoms with Crippen LogP contribution in [0.15, 0.2) is 42.6 Å². The predicted octanol–water partition coefficient (Wildman–Crippen LogP) is 3.87. The van der Waals surface area contributed by atoms with Gasteiger partial charge < -0.3 is 4.90 Å². The van der Waals surface area contributed by atoms with Gasteiger partial charge >= 0.3 is 0 Å². The Morgan fingerprint density at radius 1 is 1.27 bits per heavy atom. The minimum absolute atomic E-state index is 0.0851. The number of carbonyl (C=O) groups excluding carboxylic acids is 1. The second-order valence-electron chi connectivity index (χ2n) is 5.17. The molecule has 0 spiro atoms. The zero-order valence-corrected chi connectivity index (χ0v) is 15.0. The first kappa shape index (κ1) is 15.6. The first-order valence-corrected chi connectivity index (χ1v) is 8.85. The fourth-order valence-electron chi connectivity index (χ4n) is 2.66. The second kappa shape index (κ2) is 6.42. The first-order valence-electron chi connectivity index (χ1n) is 6.95. The van der Waals surface area contributed by atoms with Crippen LogP contribution in [0.2, 0.25) is 5.15 Å². The lowest BCUT2D eigenvalue weighted by Crippen LogP contribution is -2.51. The van der Waals surface area contributed by atoms with Crippen molar-refractivity contribution >= 4 is 51.5 Å². The average molecular weight is 428 g/mol. The van der Waals surface area contributed by atoms with Gasteiger partial charge in [0.05, 0.1) is 22.1 Å². The van der Waals surface area contributed by atoms with Gasteiger partial charge in [-0.1, -0.05) is 64.5 Å². The number of aromatic nitrogens is 1. The number of rotatable bonds is 3. The quantitative estimate of drug-likeness (QED) is 0.323. The average Bonchev–Trinajstić information content (AvgIpc) is 2.54. The molecule has 0 unspecified atom stereocenters. The first-order chi connectivity index (χ1) is 10.6. The van der Waals surface area contributed by atoms with Crippen molar-refractivity contribution in [2.24, 2.45) is 0 Å². The molecule has 22 heavy (non-hydrogen) atoms. The van der Waals surface area contributed by atoms with Crippen LogP contribution in [0.3, 0.4) is 0 Å². The fourth-order valence-corrected chi connectivity index (χ4v) is 3.52. The Balaban J connectivity index is 2.05. The maximum absolute atomic E-state index is 12.6. The highest BCUT2D eigenvalue weighted by molar-refractivity contribution is 14.1. The lowest BCUT2D eigenvalue weighted by atomic mass is 10.1. The molecule has 3 rings (SSSR count). The third-order valence-corrected chi connectivity index (χ3v) is 4.72. The predicted molar refractivity (Wildman–Crippen MR) is 97.7 cm³/mol. The van der Waals surface area contributed by atoms with Crippen molar-refractivity contribution in [3.05, 3.63) is 53.3 Å². The van der Waals surface area contributed by atoms with Gasteiger partial charge in [0.25, 0.3) is 0 Å². The Morgan fingerprint density at radius 3 is 2.68 bits per heavy atom. The smallest absolute Gasteiger partial charge is 0.250 e. The zero-order chi connectivity index (χ0) is 15.7. The van der Waals surface area contributed by atoms with Gasteiger partial charge in [0.1, 0.15) is 11.2 Å².